The molecular weight excluding hydrogens is 228 g/mol. The van der Waals surface area contributed by atoms with Crippen molar-refractivity contribution in [2.75, 3.05) is 33.2 Å². The first kappa shape index (κ1) is 11.6. The number of fused-ring (bicyclic) bond motifs is 1. The molecule has 3 rings (SSSR count). The lowest BCUT2D eigenvalue weighted by Crippen LogP contribution is -2.63. The SMILES string of the molecule is CN1CC2CNCC(=O)N2C(c2ccncc2)C1. The quantitative estimate of drug-likeness (QED) is 0.750. The second-order valence-electron chi connectivity index (χ2n) is 5.10. The molecule has 0 bridgehead atoms. The molecule has 2 aliphatic heterocycles. The van der Waals surface area contributed by atoms with Crippen LogP contribution in [0.3, 0.4) is 0 Å². The molecule has 0 radical (unpaired) electrons. The Labute approximate surface area is 107 Å². The van der Waals surface area contributed by atoms with Crippen LogP contribution in [0, 0.1) is 0 Å². The molecule has 0 spiro atoms. The average Bonchev–Trinajstić information content (AvgIpc) is 2.39. The molecule has 1 N–H and O–H groups in total. The maximum absolute atomic E-state index is 12.1. The summed E-state index contributed by atoms with van der Waals surface area (Å²) in [6.45, 7) is 3.19. The zero-order valence-corrected chi connectivity index (χ0v) is 10.5. The van der Waals surface area contributed by atoms with E-state index in [1.54, 1.807) is 12.4 Å². The Balaban J connectivity index is 1.93. The number of pyridine rings is 1. The minimum absolute atomic E-state index is 0.159. The fourth-order valence-corrected chi connectivity index (χ4v) is 2.99. The van der Waals surface area contributed by atoms with Crippen LogP contribution in [0.5, 0.6) is 0 Å². The minimum Gasteiger partial charge on any atom is -0.328 e. The number of rotatable bonds is 1. The van der Waals surface area contributed by atoms with Crippen molar-refractivity contribution in [1.29, 1.82) is 0 Å². The van der Waals surface area contributed by atoms with Gasteiger partial charge in [0.05, 0.1) is 18.6 Å². The van der Waals surface area contributed by atoms with Gasteiger partial charge in [0.2, 0.25) is 5.91 Å². The number of hydrogen-bond donors (Lipinski definition) is 1. The van der Waals surface area contributed by atoms with Crippen molar-refractivity contribution >= 4 is 5.91 Å². The van der Waals surface area contributed by atoms with Crippen LogP contribution in [-0.4, -0.2) is 60.0 Å². The van der Waals surface area contributed by atoms with Gasteiger partial charge in [0, 0.05) is 32.0 Å². The van der Waals surface area contributed by atoms with Crippen LogP contribution in [0.1, 0.15) is 11.6 Å². The summed E-state index contributed by atoms with van der Waals surface area (Å²) < 4.78 is 0. The second kappa shape index (κ2) is 4.66. The summed E-state index contributed by atoms with van der Waals surface area (Å²) in [6.07, 6.45) is 3.59. The van der Waals surface area contributed by atoms with Gasteiger partial charge in [-0.2, -0.15) is 0 Å². The van der Waals surface area contributed by atoms with E-state index in [-0.39, 0.29) is 18.0 Å². The van der Waals surface area contributed by atoms with Crippen molar-refractivity contribution in [1.82, 2.24) is 20.1 Å². The molecule has 2 fully saturated rings. The number of carbonyl (C=O) groups is 1. The van der Waals surface area contributed by atoms with Gasteiger partial charge >= 0.3 is 0 Å². The second-order valence-corrected chi connectivity index (χ2v) is 5.10. The highest BCUT2D eigenvalue weighted by Gasteiger charge is 2.38. The van der Waals surface area contributed by atoms with Crippen LogP contribution >= 0.6 is 0 Å². The van der Waals surface area contributed by atoms with E-state index >= 15 is 0 Å². The van der Waals surface area contributed by atoms with Gasteiger partial charge in [0.15, 0.2) is 0 Å². The van der Waals surface area contributed by atoms with E-state index in [0.29, 0.717) is 6.54 Å². The first-order valence-electron chi connectivity index (χ1n) is 6.36. The standard InChI is InChI=1S/C13H18N4O/c1-16-8-11-6-15-7-13(18)17(11)12(9-16)10-2-4-14-5-3-10/h2-5,11-12,15H,6-9H2,1H3. The third-order valence-electron chi connectivity index (χ3n) is 3.77. The molecule has 0 aliphatic carbocycles. The van der Waals surface area contributed by atoms with Gasteiger partial charge < -0.3 is 15.1 Å². The number of carbonyl (C=O) groups excluding carboxylic acids is 1. The normalized spacial score (nSPS) is 29.2. The monoisotopic (exact) mass is 246 g/mol. The summed E-state index contributed by atoms with van der Waals surface area (Å²) in [6, 6.07) is 4.46. The largest absolute Gasteiger partial charge is 0.328 e. The molecule has 1 aromatic rings. The lowest BCUT2D eigenvalue weighted by atomic mass is 9.98. The minimum atomic E-state index is 0.159. The lowest BCUT2D eigenvalue weighted by Gasteiger charge is -2.48. The number of nitrogens with one attached hydrogen (secondary N) is 1. The van der Waals surface area contributed by atoms with Crippen LogP contribution in [0.2, 0.25) is 0 Å². The lowest BCUT2D eigenvalue weighted by molar-refractivity contribution is -0.142. The van der Waals surface area contributed by atoms with Gasteiger partial charge in [-0.15, -0.1) is 0 Å². The molecule has 2 unspecified atom stereocenters. The maximum atomic E-state index is 12.1. The predicted octanol–water partition coefficient (Wildman–Crippen LogP) is -0.131. The van der Waals surface area contributed by atoms with Crippen LogP contribution in [0.4, 0.5) is 0 Å². The van der Waals surface area contributed by atoms with E-state index in [2.05, 4.69) is 27.1 Å². The molecule has 2 atom stereocenters. The topological polar surface area (TPSA) is 48.5 Å². The summed E-state index contributed by atoms with van der Waals surface area (Å²) in [5.74, 6) is 0.209. The number of aromatic nitrogens is 1. The number of nitrogens with zero attached hydrogens (tertiary/aromatic N) is 3. The van der Waals surface area contributed by atoms with Gasteiger partial charge in [-0.1, -0.05) is 0 Å². The van der Waals surface area contributed by atoms with Crippen LogP contribution in [0.25, 0.3) is 0 Å². The van der Waals surface area contributed by atoms with Crippen molar-refractivity contribution in [2.45, 2.75) is 12.1 Å². The first-order chi connectivity index (χ1) is 8.75. The van der Waals surface area contributed by atoms with Crippen molar-refractivity contribution in [3.8, 4) is 0 Å². The van der Waals surface area contributed by atoms with E-state index in [1.165, 1.54) is 5.56 Å². The highest BCUT2D eigenvalue weighted by atomic mass is 16.2. The third kappa shape index (κ3) is 2.00. The molecule has 1 aromatic heterocycles. The summed E-state index contributed by atoms with van der Waals surface area (Å²) >= 11 is 0. The van der Waals surface area contributed by atoms with E-state index in [9.17, 15) is 4.79 Å². The zero-order valence-electron chi connectivity index (χ0n) is 10.5. The number of amides is 1. The number of hydrogen-bond acceptors (Lipinski definition) is 4. The number of piperazine rings is 2. The Hall–Kier alpha value is -1.46. The summed E-state index contributed by atoms with van der Waals surface area (Å²) in [5, 5.41) is 3.20. The van der Waals surface area contributed by atoms with Crippen molar-refractivity contribution in [3.63, 3.8) is 0 Å². The van der Waals surface area contributed by atoms with Gasteiger partial charge in [0.1, 0.15) is 0 Å². The van der Waals surface area contributed by atoms with Crippen LogP contribution in [-0.2, 0) is 4.79 Å². The Bertz CT molecular complexity index is 436. The van der Waals surface area contributed by atoms with Crippen LogP contribution < -0.4 is 5.32 Å². The fraction of sp³-hybridized carbons (Fsp3) is 0.538. The third-order valence-corrected chi connectivity index (χ3v) is 3.77. The zero-order chi connectivity index (χ0) is 12.5. The highest BCUT2D eigenvalue weighted by molar-refractivity contribution is 5.80. The smallest absolute Gasteiger partial charge is 0.237 e. The predicted molar refractivity (Wildman–Crippen MR) is 68.0 cm³/mol. The molecule has 5 heteroatoms. The molecule has 5 nitrogen and oxygen atoms in total. The van der Waals surface area contributed by atoms with Crippen molar-refractivity contribution in [3.05, 3.63) is 30.1 Å². The molecule has 96 valence electrons. The highest BCUT2D eigenvalue weighted by Crippen LogP contribution is 2.28. The molecule has 1 amide bonds. The molecular formula is C13H18N4O. The van der Waals surface area contributed by atoms with Gasteiger partial charge in [0.25, 0.3) is 0 Å². The van der Waals surface area contributed by atoms with E-state index < -0.39 is 0 Å². The maximum Gasteiger partial charge on any atom is 0.237 e. The Morgan fingerprint density at radius 1 is 1.33 bits per heavy atom. The fourth-order valence-electron chi connectivity index (χ4n) is 2.99. The van der Waals surface area contributed by atoms with Gasteiger partial charge in [-0.05, 0) is 24.7 Å². The molecule has 2 aliphatic rings. The summed E-state index contributed by atoms with van der Waals surface area (Å²) in [7, 11) is 2.12. The first-order valence-corrected chi connectivity index (χ1v) is 6.36. The van der Waals surface area contributed by atoms with Crippen molar-refractivity contribution < 1.29 is 4.79 Å². The molecule has 18 heavy (non-hydrogen) atoms. The van der Waals surface area contributed by atoms with E-state index in [4.69, 9.17) is 0 Å². The Morgan fingerprint density at radius 3 is 2.89 bits per heavy atom. The number of likely N-dealkylation sites (N-methyl/N-ethyl adjacent to an activating group) is 1. The molecule has 0 aromatic carbocycles. The van der Waals surface area contributed by atoms with Gasteiger partial charge in [-0.25, -0.2) is 0 Å². The van der Waals surface area contributed by atoms with E-state index in [1.807, 2.05) is 12.1 Å². The Morgan fingerprint density at radius 2 is 2.11 bits per heavy atom. The Kier molecular flexibility index (Phi) is 3.01. The van der Waals surface area contributed by atoms with Gasteiger partial charge in [-0.3, -0.25) is 9.78 Å². The van der Waals surface area contributed by atoms with Crippen LogP contribution in [0.15, 0.2) is 24.5 Å². The van der Waals surface area contributed by atoms with E-state index in [0.717, 1.165) is 19.6 Å². The summed E-state index contributed by atoms with van der Waals surface area (Å²) in [5.41, 5.74) is 1.18. The molecule has 3 heterocycles. The molecule has 0 saturated carbocycles. The van der Waals surface area contributed by atoms with Crippen molar-refractivity contribution in [2.24, 2.45) is 0 Å². The molecule has 2 saturated heterocycles. The average molecular weight is 246 g/mol. The summed E-state index contributed by atoms with van der Waals surface area (Å²) in [4.78, 5) is 20.6.